The number of hydrogen-bond donors (Lipinski definition) is 1. The van der Waals surface area contributed by atoms with Crippen molar-refractivity contribution in [3.63, 3.8) is 0 Å². The largest absolute Gasteiger partial charge is 0.333 e. The van der Waals surface area contributed by atoms with Gasteiger partial charge in [-0.15, -0.1) is 16.4 Å². The summed E-state index contributed by atoms with van der Waals surface area (Å²) in [6, 6.07) is 8.56. The Morgan fingerprint density at radius 2 is 2.26 bits per heavy atom. The van der Waals surface area contributed by atoms with Crippen molar-refractivity contribution in [2.75, 3.05) is 13.6 Å². The third-order valence-corrected chi connectivity index (χ3v) is 5.96. The number of aromatic nitrogens is 4. The highest BCUT2D eigenvalue weighted by Crippen LogP contribution is 2.22. The first-order chi connectivity index (χ1) is 13.2. The summed E-state index contributed by atoms with van der Waals surface area (Å²) in [6.07, 6.45) is 6.53. The number of fused-ring (bicyclic) bond motifs is 1. The number of piperidine rings is 1. The maximum Gasteiger partial charge on any atom is 0.276 e. The molecule has 0 spiro atoms. The van der Waals surface area contributed by atoms with Gasteiger partial charge in [0.2, 0.25) is 0 Å². The second-order valence-corrected chi connectivity index (χ2v) is 8.15. The third kappa shape index (κ3) is 4.33. The van der Waals surface area contributed by atoms with E-state index in [0.29, 0.717) is 18.3 Å². The van der Waals surface area contributed by atoms with Gasteiger partial charge in [-0.3, -0.25) is 9.48 Å². The topological polar surface area (TPSA) is 75.9 Å². The number of nitrogens with one attached hydrogen (secondary N) is 1. The third-order valence-electron chi connectivity index (χ3n) is 4.93. The van der Waals surface area contributed by atoms with Crippen LogP contribution in [-0.2, 0) is 13.1 Å². The lowest BCUT2D eigenvalue weighted by Gasteiger charge is -2.23. The number of amides is 1. The molecule has 2 aromatic heterocycles. The van der Waals surface area contributed by atoms with Gasteiger partial charge in [-0.05, 0) is 37.9 Å². The van der Waals surface area contributed by atoms with E-state index < -0.39 is 0 Å². The Morgan fingerprint density at radius 1 is 1.37 bits per heavy atom. The van der Waals surface area contributed by atoms with Crippen LogP contribution >= 0.6 is 11.3 Å². The van der Waals surface area contributed by atoms with Gasteiger partial charge < -0.3 is 10.2 Å². The zero-order valence-corrected chi connectivity index (χ0v) is 16.3. The molecule has 1 saturated heterocycles. The number of nitrogens with zero attached hydrogens (tertiary/aromatic N) is 5. The first-order valence-electron chi connectivity index (χ1n) is 9.42. The molecule has 1 N–H and O–H groups in total. The molecular weight excluding hydrogens is 360 g/mol. The molecule has 0 bridgehead atoms. The lowest BCUT2D eigenvalue weighted by atomic mass is 10.0. The number of para-hydroxylation sites is 1. The lowest BCUT2D eigenvalue weighted by molar-refractivity contribution is 0.0779. The molecule has 3 heterocycles. The van der Waals surface area contributed by atoms with Crippen LogP contribution < -0.4 is 5.32 Å². The smallest absolute Gasteiger partial charge is 0.276 e. The van der Waals surface area contributed by atoms with E-state index in [9.17, 15) is 4.79 Å². The monoisotopic (exact) mass is 384 g/mol. The second kappa shape index (κ2) is 8.14. The van der Waals surface area contributed by atoms with Gasteiger partial charge in [-0.2, -0.15) is 0 Å². The first-order valence-corrected chi connectivity index (χ1v) is 10.2. The Labute approximate surface area is 162 Å². The van der Waals surface area contributed by atoms with Crippen LogP contribution in [0, 0.1) is 0 Å². The Kier molecular flexibility index (Phi) is 5.45. The molecule has 0 saturated carbocycles. The van der Waals surface area contributed by atoms with Crippen molar-refractivity contribution in [2.45, 2.75) is 44.8 Å². The molecule has 1 fully saturated rings. The van der Waals surface area contributed by atoms with E-state index in [1.54, 1.807) is 34.2 Å². The number of aryl methyl sites for hydroxylation is 1. The number of thiazole rings is 1. The van der Waals surface area contributed by atoms with Gasteiger partial charge in [0, 0.05) is 19.6 Å². The molecule has 0 unspecified atom stereocenters. The van der Waals surface area contributed by atoms with E-state index in [1.807, 2.05) is 24.3 Å². The standard InChI is InChI=1S/C19H24N6OS/c1-24(13-18-21-15-7-2-3-8-17(15)27-18)19(26)16-12-25(23-22-16)11-9-14-6-4-5-10-20-14/h2-3,7-8,12,14,20H,4-6,9-11,13H2,1H3/t14-/m0/s1. The molecule has 0 radical (unpaired) electrons. The number of benzene rings is 1. The van der Waals surface area contributed by atoms with Gasteiger partial charge in [-0.25, -0.2) is 4.98 Å². The summed E-state index contributed by atoms with van der Waals surface area (Å²) in [6.45, 7) is 2.35. The fourth-order valence-corrected chi connectivity index (χ4v) is 4.44. The van der Waals surface area contributed by atoms with E-state index in [-0.39, 0.29) is 5.91 Å². The highest BCUT2D eigenvalue weighted by Gasteiger charge is 2.18. The molecule has 1 atom stereocenters. The minimum atomic E-state index is -0.128. The molecule has 3 aromatic rings. The van der Waals surface area contributed by atoms with E-state index in [0.717, 1.165) is 34.7 Å². The first kappa shape index (κ1) is 18.1. The minimum absolute atomic E-state index is 0.128. The summed E-state index contributed by atoms with van der Waals surface area (Å²) in [5.41, 5.74) is 1.36. The van der Waals surface area contributed by atoms with E-state index in [4.69, 9.17) is 0 Å². The maximum atomic E-state index is 12.7. The summed E-state index contributed by atoms with van der Waals surface area (Å²) in [7, 11) is 1.78. The van der Waals surface area contributed by atoms with Gasteiger partial charge in [0.05, 0.1) is 23.0 Å². The molecule has 1 aliphatic rings. The van der Waals surface area contributed by atoms with Crippen molar-refractivity contribution in [3.05, 3.63) is 41.2 Å². The predicted molar refractivity (Wildman–Crippen MR) is 106 cm³/mol. The van der Waals surface area contributed by atoms with Gasteiger partial charge in [-0.1, -0.05) is 23.8 Å². The van der Waals surface area contributed by atoms with Gasteiger partial charge in [0.1, 0.15) is 5.01 Å². The molecule has 1 amide bonds. The Hall–Kier alpha value is -2.32. The average molecular weight is 385 g/mol. The van der Waals surface area contributed by atoms with Crippen molar-refractivity contribution in [3.8, 4) is 0 Å². The fourth-order valence-electron chi connectivity index (χ4n) is 3.42. The summed E-state index contributed by atoms with van der Waals surface area (Å²) in [5, 5.41) is 12.6. The number of rotatable bonds is 6. The molecule has 1 aromatic carbocycles. The van der Waals surface area contributed by atoms with Crippen molar-refractivity contribution >= 4 is 27.5 Å². The minimum Gasteiger partial charge on any atom is -0.333 e. The lowest BCUT2D eigenvalue weighted by Crippen LogP contribution is -2.34. The van der Waals surface area contributed by atoms with E-state index in [2.05, 4.69) is 20.6 Å². The van der Waals surface area contributed by atoms with Crippen LogP contribution in [0.3, 0.4) is 0 Å². The van der Waals surface area contributed by atoms with Crippen molar-refractivity contribution in [2.24, 2.45) is 0 Å². The Morgan fingerprint density at radius 3 is 3.07 bits per heavy atom. The molecular formula is C19H24N6OS. The van der Waals surface area contributed by atoms with Crippen LogP contribution in [0.25, 0.3) is 10.2 Å². The fraction of sp³-hybridized carbons (Fsp3) is 0.474. The van der Waals surface area contributed by atoms with E-state index in [1.165, 1.54) is 19.3 Å². The maximum absolute atomic E-state index is 12.7. The van der Waals surface area contributed by atoms with Crippen LogP contribution in [0.5, 0.6) is 0 Å². The Balaban J connectivity index is 1.35. The van der Waals surface area contributed by atoms with Crippen LogP contribution in [-0.4, -0.2) is 50.4 Å². The van der Waals surface area contributed by atoms with Crippen LogP contribution in [0.15, 0.2) is 30.5 Å². The van der Waals surface area contributed by atoms with Gasteiger partial charge in [0.15, 0.2) is 5.69 Å². The molecule has 7 nitrogen and oxygen atoms in total. The van der Waals surface area contributed by atoms with Gasteiger partial charge >= 0.3 is 0 Å². The van der Waals surface area contributed by atoms with E-state index >= 15 is 0 Å². The quantitative estimate of drug-likeness (QED) is 0.707. The highest BCUT2D eigenvalue weighted by atomic mass is 32.1. The van der Waals surface area contributed by atoms with Crippen molar-refractivity contribution in [1.29, 1.82) is 0 Å². The molecule has 0 aliphatic carbocycles. The average Bonchev–Trinajstić information content (AvgIpc) is 3.33. The van der Waals surface area contributed by atoms with Crippen LogP contribution in [0.4, 0.5) is 0 Å². The number of carbonyl (C=O) groups excluding carboxylic acids is 1. The second-order valence-electron chi connectivity index (χ2n) is 7.04. The summed E-state index contributed by atoms with van der Waals surface area (Å²) in [4.78, 5) is 18.9. The number of carbonyl (C=O) groups is 1. The molecule has 8 heteroatoms. The summed E-state index contributed by atoms with van der Waals surface area (Å²) >= 11 is 1.61. The van der Waals surface area contributed by atoms with Crippen LogP contribution in [0.2, 0.25) is 0 Å². The molecule has 142 valence electrons. The summed E-state index contributed by atoms with van der Waals surface area (Å²) < 4.78 is 2.91. The zero-order chi connectivity index (χ0) is 18.6. The normalized spacial score (nSPS) is 17.3. The molecule has 27 heavy (non-hydrogen) atoms. The SMILES string of the molecule is CN(Cc1nc2ccccc2s1)C(=O)c1cn(CC[C@@H]2CCCCN2)nn1. The predicted octanol–water partition coefficient (Wildman–Crippen LogP) is 2.69. The highest BCUT2D eigenvalue weighted by molar-refractivity contribution is 7.18. The number of hydrogen-bond acceptors (Lipinski definition) is 6. The van der Waals surface area contributed by atoms with Crippen molar-refractivity contribution < 1.29 is 4.79 Å². The summed E-state index contributed by atoms with van der Waals surface area (Å²) in [5.74, 6) is -0.128. The Bertz CT molecular complexity index is 881. The zero-order valence-electron chi connectivity index (χ0n) is 15.5. The molecule has 1 aliphatic heterocycles. The van der Waals surface area contributed by atoms with Gasteiger partial charge in [0.25, 0.3) is 5.91 Å². The molecule has 4 rings (SSSR count). The van der Waals surface area contributed by atoms with Crippen molar-refractivity contribution in [1.82, 2.24) is 30.2 Å². The van der Waals surface area contributed by atoms with Crippen LogP contribution in [0.1, 0.15) is 41.2 Å².